The Balaban J connectivity index is 1.58. The zero-order valence-corrected chi connectivity index (χ0v) is 17.3. The minimum atomic E-state index is -0.598. The van der Waals surface area contributed by atoms with Crippen LogP contribution >= 0.6 is 0 Å². The molecule has 0 aliphatic carbocycles. The Morgan fingerprint density at radius 3 is 2.57 bits per heavy atom. The number of ether oxygens (including phenoxy) is 1. The summed E-state index contributed by atoms with van der Waals surface area (Å²) in [6.07, 6.45) is 5.87. The zero-order chi connectivity index (χ0) is 21.3. The van der Waals surface area contributed by atoms with E-state index in [4.69, 9.17) is 10.5 Å². The molecule has 0 fully saturated rings. The van der Waals surface area contributed by atoms with Crippen LogP contribution in [0.3, 0.4) is 0 Å². The van der Waals surface area contributed by atoms with Crippen LogP contribution in [-0.4, -0.2) is 33.3 Å². The van der Waals surface area contributed by atoms with Crippen LogP contribution in [-0.2, 0) is 12.8 Å². The number of aryl methyl sites for hydroxylation is 2. The number of para-hydroxylation sites is 1. The van der Waals surface area contributed by atoms with E-state index in [1.807, 2.05) is 30.3 Å². The van der Waals surface area contributed by atoms with Crippen molar-refractivity contribution in [2.75, 3.05) is 6.61 Å². The third kappa shape index (κ3) is 5.94. The largest absolute Gasteiger partial charge is 0.493 e. The highest BCUT2D eigenvalue weighted by atomic mass is 16.5. The summed E-state index contributed by atoms with van der Waals surface area (Å²) in [5, 5.41) is 10.2. The number of rotatable bonds is 11. The molecule has 30 heavy (non-hydrogen) atoms. The van der Waals surface area contributed by atoms with Crippen molar-refractivity contribution >= 4 is 5.91 Å². The van der Waals surface area contributed by atoms with Gasteiger partial charge < -0.3 is 20.1 Å². The summed E-state index contributed by atoms with van der Waals surface area (Å²) in [6, 6.07) is 18.2. The summed E-state index contributed by atoms with van der Waals surface area (Å²) >= 11 is 0. The van der Waals surface area contributed by atoms with Crippen LogP contribution in [0.15, 0.2) is 67.1 Å². The van der Waals surface area contributed by atoms with E-state index in [0.717, 1.165) is 30.6 Å². The van der Waals surface area contributed by atoms with E-state index >= 15 is 0 Å². The van der Waals surface area contributed by atoms with Crippen molar-refractivity contribution in [2.24, 2.45) is 5.73 Å². The second kappa shape index (κ2) is 10.6. The second-order valence-electron chi connectivity index (χ2n) is 7.46. The number of aliphatic hydroxyl groups excluding tert-OH is 1. The van der Waals surface area contributed by atoms with Crippen LogP contribution < -0.4 is 10.5 Å². The zero-order valence-electron chi connectivity index (χ0n) is 17.3. The van der Waals surface area contributed by atoms with Gasteiger partial charge in [0.2, 0.25) is 0 Å². The van der Waals surface area contributed by atoms with E-state index in [-0.39, 0.29) is 11.7 Å². The Bertz CT molecular complexity index is 938. The predicted molar refractivity (Wildman–Crippen MR) is 116 cm³/mol. The number of carbonyl (C=O) groups is 1. The molecule has 0 saturated carbocycles. The van der Waals surface area contributed by atoms with Gasteiger partial charge in [-0.05, 0) is 49.8 Å². The van der Waals surface area contributed by atoms with Crippen molar-refractivity contribution in [3.8, 4) is 5.75 Å². The first-order chi connectivity index (χ1) is 14.5. The van der Waals surface area contributed by atoms with Gasteiger partial charge in [0, 0.05) is 6.20 Å². The molecule has 6 nitrogen and oxygen atoms in total. The van der Waals surface area contributed by atoms with Crippen molar-refractivity contribution in [3.05, 3.63) is 83.9 Å². The van der Waals surface area contributed by atoms with E-state index < -0.39 is 12.0 Å². The number of nitrogens with two attached hydrogens (primary N) is 1. The van der Waals surface area contributed by atoms with Gasteiger partial charge in [-0.3, -0.25) is 4.79 Å². The first-order valence-corrected chi connectivity index (χ1v) is 10.3. The average molecular weight is 408 g/mol. The lowest BCUT2D eigenvalue weighted by Gasteiger charge is -2.22. The predicted octanol–water partition coefficient (Wildman–Crippen LogP) is 3.55. The quantitative estimate of drug-likeness (QED) is 0.476. The Labute approximate surface area is 177 Å². The lowest BCUT2D eigenvalue weighted by Crippen LogP contribution is -2.21. The molecule has 6 heteroatoms. The fraction of sp³-hybridized carbons (Fsp3) is 0.333. The van der Waals surface area contributed by atoms with Crippen molar-refractivity contribution < 1.29 is 14.6 Å². The number of amides is 1. The van der Waals surface area contributed by atoms with Gasteiger partial charge in [0.1, 0.15) is 11.4 Å². The smallest absolute Gasteiger partial charge is 0.268 e. The molecule has 158 valence electrons. The molecule has 1 heterocycles. The van der Waals surface area contributed by atoms with Crippen molar-refractivity contribution in [2.45, 2.75) is 44.8 Å². The van der Waals surface area contributed by atoms with E-state index in [9.17, 15) is 9.90 Å². The highest BCUT2D eigenvalue weighted by molar-refractivity contribution is 5.90. The SMILES string of the molecule is C[C@H](O)[C@@H](CCc1ccccc1OCCCc1ccccc1)n1cnc(C(N)=O)c1. The molecule has 2 aromatic carbocycles. The minimum absolute atomic E-state index is 0.197. The Kier molecular flexibility index (Phi) is 7.63. The lowest BCUT2D eigenvalue weighted by atomic mass is 10.0. The topological polar surface area (TPSA) is 90.4 Å². The summed E-state index contributed by atoms with van der Waals surface area (Å²) in [6.45, 7) is 2.38. The van der Waals surface area contributed by atoms with Crippen molar-refractivity contribution in [1.82, 2.24) is 9.55 Å². The summed E-state index contributed by atoms with van der Waals surface area (Å²) in [4.78, 5) is 15.3. The van der Waals surface area contributed by atoms with Crippen LogP contribution in [0.4, 0.5) is 0 Å². The van der Waals surface area contributed by atoms with Gasteiger partial charge >= 0.3 is 0 Å². The third-order valence-corrected chi connectivity index (χ3v) is 5.19. The number of imidazole rings is 1. The number of hydrogen-bond donors (Lipinski definition) is 2. The van der Waals surface area contributed by atoms with Gasteiger partial charge in [0.25, 0.3) is 5.91 Å². The molecule has 1 amide bonds. The summed E-state index contributed by atoms with van der Waals surface area (Å²) in [5.41, 5.74) is 7.89. The Morgan fingerprint density at radius 2 is 1.87 bits per heavy atom. The lowest BCUT2D eigenvalue weighted by molar-refractivity contribution is 0.0994. The van der Waals surface area contributed by atoms with Gasteiger partial charge in [-0.2, -0.15) is 0 Å². The number of carbonyl (C=O) groups excluding carboxylic acids is 1. The highest BCUT2D eigenvalue weighted by Crippen LogP contribution is 2.25. The molecule has 0 spiro atoms. The van der Waals surface area contributed by atoms with Gasteiger partial charge in [-0.25, -0.2) is 4.98 Å². The number of primary amides is 1. The number of aromatic nitrogens is 2. The molecule has 0 aliphatic rings. The number of benzene rings is 2. The van der Waals surface area contributed by atoms with Crippen LogP contribution in [0.25, 0.3) is 0 Å². The highest BCUT2D eigenvalue weighted by Gasteiger charge is 2.19. The van der Waals surface area contributed by atoms with Crippen LogP contribution in [0.2, 0.25) is 0 Å². The maximum Gasteiger partial charge on any atom is 0.268 e. The molecule has 1 aromatic heterocycles. The van der Waals surface area contributed by atoms with Crippen LogP contribution in [0.1, 0.15) is 47.4 Å². The average Bonchev–Trinajstić information content (AvgIpc) is 3.23. The van der Waals surface area contributed by atoms with E-state index in [2.05, 4.69) is 29.2 Å². The maximum atomic E-state index is 11.3. The molecule has 3 aromatic rings. The molecular formula is C24H29N3O3. The van der Waals surface area contributed by atoms with Crippen LogP contribution in [0, 0.1) is 0 Å². The summed E-state index contributed by atoms with van der Waals surface area (Å²) < 4.78 is 7.81. The Hall–Kier alpha value is -3.12. The van der Waals surface area contributed by atoms with Gasteiger partial charge in [0.15, 0.2) is 0 Å². The second-order valence-corrected chi connectivity index (χ2v) is 7.46. The maximum absolute atomic E-state index is 11.3. The number of nitrogens with zero attached hydrogens (tertiary/aromatic N) is 2. The van der Waals surface area contributed by atoms with Gasteiger partial charge in [0.05, 0.1) is 25.1 Å². The first-order valence-electron chi connectivity index (χ1n) is 10.3. The molecule has 3 rings (SSSR count). The van der Waals surface area contributed by atoms with Crippen molar-refractivity contribution in [3.63, 3.8) is 0 Å². The number of hydrogen-bond acceptors (Lipinski definition) is 4. The van der Waals surface area contributed by atoms with Crippen molar-refractivity contribution in [1.29, 1.82) is 0 Å². The molecule has 0 saturated heterocycles. The molecule has 0 bridgehead atoms. The van der Waals surface area contributed by atoms with Gasteiger partial charge in [-0.1, -0.05) is 48.5 Å². The normalized spacial score (nSPS) is 13.0. The third-order valence-electron chi connectivity index (χ3n) is 5.19. The van der Waals surface area contributed by atoms with Gasteiger partial charge in [-0.15, -0.1) is 0 Å². The molecule has 0 radical (unpaired) electrons. The summed E-state index contributed by atoms with van der Waals surface area (Å²) in [5.74, 6) is 0.297. The fourth-order valence-electron chi connectivity index (χ4n) is 3.54. The van der Waals surface area contributed by atoms with E-state index in [0.29, 0.717) is 13.0 Å². The monoisotopic (exact) mass is 407 g/mol. The minimum Gasteiger partial charge on any atom is -0.493 e. The Morgan fingerprint density at radius 1 is 1.13 bits per heavy atom. The standard InChI is InChI=1S/C24H29N3O3/c1-18(28)22(27-16-21(24(25)29)26-17-27)14-13-20-11-5-6-12-23(20)30-15-7-10-19-8-3-2-4-9-19/h2-6,8-9,11-12,16-18,22,28H,7,10,13-15H2,1H3,(H2,25,29)/t18-,22+/m0/s1. The molecule has 2 atom stereocenters. The number of aliphatic hydroxyl groups is 1. The van der Waals surface area contributed by atoms with E-state index in [1.165, 1.54) is 5.56 Å². The van der Waals surface area contributed by atoms with Crippen LogP contribution in [0.5, 0.6) is 5.75 Å². The van der Waals surface area contributed by atoms with E-state index in [1.54, 1.807) is 24.0 Å². The molecule has 3 N–H and O–H groups in total. The molecule has 0 aliphatic heterocycles. The first kappa shape index (κ1) is 21.6. The molecule has 0 unspecified atom stereocenters. The summed E-state index contributed by atoms with van der Waals surface area (Å²) in [7, 11) is 0. The fourth-order valence-corrected chi connectivity index (χ4v) is 3.54. The molecular weight excluding hydrogens is 378 g/mol.